The van der Waals surface area contributed by atoms with E-state index in [1.165, 1.54) is 75.3 Å². The third-order valence-corrected chi connectivity index (χ3v) is 5.25. The predicted molar refractivity (Wildman–Crippen MR) is 108 cm³/mol. The molecule has 1 N–H and O–H groups in total. The number of hydrogen-bond donors (Lipinski definition) is 1. The molecule has 0 aromatic heterocycles. The Labute approximate surface area is 159 Å². The van der Waals surface area contributed by atoms with Crippen LogP contribution in [-0.4, -0.2) is 18.6 Å². The summed E-state index contributed by atoms with van der Waals surface area (Å²) in [5.41, 5.74) is 2.60. The van der Waals surface area contributed by atoms with E-state index in [2.05, 4.69) is 36.5 Å². The molecule has 0 bridgehead atoms. The zero-order valence-electron chi connectivity index (χ0n) is 16.8. The molecule has 0 radical (unpaired) electrons. The number of carbonyl (C=O) groups is 1. The fraction of sp³-hybridized carbons (Fsp3) is 0.696. The van der Waals surface area contributed by atoms with Gasteiger partial charge >= 0.3 is 5.97 Å². The highest BCUT2D eigenvalue weighted by atomic mass is 16.5. The van der Waals surface area contributed by atoms with Gasteiger partial charge in [-0.15, -0.1) is 0 Å². The Morgan fingerprint density at radius 1 is 0.962 bits per heavy atom. The van der Waals surface area contributed by atoms with Crippen molar-refractivity contribution in [1.29, 1.82) is 0 Å². The average Bonchev–Trinajstić information content (AvgIpc) is 3.45. The highest BCUT2D eigenvalue weighted by molar-refractivity contribution is 5.80. The van der Waals surface area contributed by atoms with Gasteiger partial charge in [-0.05, 0) is 30.9 Å². The first-order valence-corrected chi connectivity index (χ1v) is 10.8. The SMILES string of the molecule is CCCCCCCCCCCCc1cccc([C@@H]2N[C@H]2C(=O)OCC)c1. The largest absolute Gasteiger partial charge is 0.465 e. The third-order valence-electron chi connectivity index (χ3n) is 5.25. The van der Waals surface area contributed by atoms with E-state index in [1.54, 1.807) is 0 Å². The van der Waals surface area contributed by atoms with Crippen molar-refractivity contribution in [3.05, 3.63) is 35.4 Å². The van der Waals surface area contributed by atoms with Crippen molar-refractivity contribution in [3.8, 4) is 0 Å². The number of hydrogen-bond acceptors (Lipinski definition) is 3. The molecular weight excluding hydrogens is 322 g/mol. The molecule has 1 saturated heterocycles. The summed E-state index contributed by atoms with van der Waals surface area (Å²) in [7, 11) is 0. The van der Waals surface area contributed by atoms with E-state index in [1.807, 2.05) is 6.92 Å². The van der Waals surface area contributed by atoms with Crippen LogP contribution in [0.2, 0.25) is 0 Å². The van der Waals surface area contributed by atoms with Crippen LogP contribution in [0.4, 0.5) is 0 Å². The Bertz CT molecular complexity index is 529. The lowest BCUT2D eigenvalue weighted by molar-refractivity contribution is -0.142. The van der Waals surface area contributed by atoms with Crippen LogP contribution in [0.15, 0.2) is 24.3 Å². The number of benzene rings is 1. The van der Waals surface area contributed by atoms with Gasteiger partial charge in [0.15, 0.2) is 0 Å². The second-order valence-electron chi connectivity index (χ2n) is 7.55. The number of rotatable bonds is 14. The lowest BCUT2D eigenvalue weighted by atomic mass is 10.0. The minimum Gasteiger partial charge on any atom is -0.465 e. The van der Waals surface area contributed by atoms with E-state index in [4.69, 9.17) is 4.74 Å². The Morgan fingerprint density at radius 3 is 2.27 bits per heavy atom. The molecular formula is C23H37NO2. The van der Waals surface area contributed by atoms with Gasteiger partial charge in [-0.2, -0.15) is 0 Å². The topological polar surface area (TPSA) is 48.2 Å². The van der Waals surface area contributed by atoms with Crippen molar-refractivity contribution in [2.75, 3.05) is 6.61 Å². The molecule has 0 spiro atoms. The summed E-state index contributed by atoms with van der Waals surface area (Å²) in [5.74, 6) is -0.127. The summed E-state index contributed by atoms with van der Waals surface area (Å²) >= 11 is 0. The Hall–Kier alpha value is -1.35. The molecule has 3 nitrogen and oxygen atoms in total. The lowest BCUT2D eigenvalue weighted by Crippen LogP contribution is -2.13. The van der Waals surface area contributed by atoms with Crippen LogP contribution in [0, 0.1) is 0 Å². The smallest absolute Gasteiger partial charge is 0.325 e. The van der Waals surface area contributed by atoms with Crippen LogP contribution in [-0.2, 0) is 16.0 Å². The van der Waals surface area contributed by atoms with Gasteiger partial charge < -0.3 is 4.74 Å². The van der Waals surface area contributed by atoms with E-state index in [0.29, 0.717) is 6.61 Å². The molecule has 1 aromatic rings. The number of nitrogens with one attached hydrogen (secondary N) is 1. The van der Waals surface area contributed by atoms with Gasteiger partial charge in [0.05, 0.1) is 12.6 Å². The lowest BCUT2D eigenvalue weighted by Gasteiger charge is -2.05. The molecule has 26 heavy (non-hydrogen) atoms. The van der Waals surface area contributed by atoms with Gasteiger partial charge in [0.25, 0.3) is 0 Å². The Morgan fingerprint density at radius 2 is 1.62 bits per heavy atom. The predicted octanol–water partition coefficient (Wildman–Crippen LogP) is 5.73. The van der Waals surface area contributed by atoms with Crippen molar-refractivity contribution in [3.63, 3.8) is 0 Å². The maximum atomic E-state index is 11.8. The van der Waals surface area contributed by atoms with Crippen molar-refractivity contribution in [1.82, 2.24) is 5.32 Å². The van der Waals surface area contributed by atoms with Crippen LogP contribution >= 0.6 is 0 Å². The zero-order chi connectivity index (χ0) is 18.6. The first-order valence-electron chi connectivity index (χ1n) is 10.8. The molecule has 0 unspecified atom stereocenters. The van der Waals surface area contributed by atoms with E-state index in [0.717, 1.165) is 6.42 Å². The molecule has 1 aliphatic heterocycles. The number of unbranched alkanes of at least 4 members (excludes halogenated alkanes) is 9. The van der Waals surface area contributed by atoms with E-state index >= 15 is 0 Å². The molecule has 146 valence electrons. The molecule has 2 rings (SSSR count). The molecule has 1 aliphatic rings. The normalized spacial score (nSPS) is 18.7. The minimum absolute atomic E-state index is 0.127. The molecule has 0 saturated carbocycles. The maximum Gasteiger partial charge on any atom is 0.325 e. The summed E-state index contributed by atoms with van der Waals surface area (Å²) in [6.07, 6.45) is 14.9. The van der Waals surface area contributed by atoms with Gasteiger partial charge in [0.2, 0.25) is 0 Å². The highest BCUT2D eigenvalue weighted by Gasteiger charge is 2.44. The molecule has 1 heterocycles. The number of carbonyl (C=O) groups excluding carboxylic acids is 1. The summed E-state index contributed by atoms with van der Waals surface area (Å²) in [4.78, 5) is 11.8. The summed E-state index contributed by atoms with van der Waals surface area (Å²) < 4.78 is 5.09. The van der Waals surface area contributed by atoms with Crippen LogP contribution < -0.4 is 5.32 Å². The second-order valence-corrected chi connectivity index (χ2v) is 7.55. The zero-order valence-corrected chi connectivity index (χ0v) is 16.8. The quantitative estimate of drug-likeness (QED) is 0.262. The molecule has 3 heteroatoms. The fourth-order valence-corrected chi connectivity index (χ4v) is 3.62. The van der Waals surface area contributed by atoms with Crippen molar-refractivity contribution >= 4 is 5.97 Å². The monoisotopic (exact) mass is 359 g/mol. The molecule has 1 fully saturated rings. The summed E-state index contributed by atoms with van der Waals surface area (Å²) in [6, 6.07) is 8.68. The van der Waals surface area contributed by atoms with Gasteiger partial charge in [0.1, 0.15) is 6.04 Å². The third kappa shape index (κ3) is 7.49. The molecule has 0 aliphatic carbocycles. The standard InChI is InChI=1S/C23H37NO2/c1-3-5-6-7-8-9-10-11-12-13-15-19-16-14-17-20(18-19)21-22(24-21)23(25)26-4-2/h14,16-18,21-22,24H,3-13,15H2,1-2H3/t21-,22+/m0/s1. The summed E-state index contributed by atoms with van der Waals surface area (Å²) in [6.45, 7) is 4.57. The van der Waals surface area contributed by atoms with Crippen molar-refractivity contribution in [2.24, 2.45) is 0 Å². The van der Waals surface area contributed by atoms with Crippen LogP contribution in [0.3, 0.4) is 0 Å². The molecule has 2 atom stereocenters. The van der Waals surface area contributed by atoms with Gasteiger partial charge in [-0.25, -0.2) is 0 Å². The van der Waals surface area contributed by atoms with Crippen molar-refractivity contribution < 1.29 is 9.53 Å². The number of esters is 1. The first-order chi connectivity index (χ1) is 12.8. The Kier molecular flexibility index (Phi) is 9.76. The highest BCUT2D eigenvalue weighted by Crippen LogP contribution is 2.31. The van der Waals surface area contributed by atoms with Crippen LogP contribution in [0.25, 0.3) is 0 Å². The average molecular weight is 360 g/mol. The van der Waals surface area contributed by atoms with Crippen LogP contribution in [0.5, 0.6) is 0 Å². The number of aryl methyl sites for hydroxylation is 1. The van der Waals surface area contributed by atoms with Gasteiger partial charge in [-0.1, -0.05) is 89.0 Å². The second kappa shape index (κ2) is 12.1. The first kappa shape index (κ1) is 21.0. The van der Waals surface area contributed by atoms with E-state index < -0.39 is 0 Å². The van der Waals surface area contributed by atoms with Crippen molar-refractivity contribution in [2.45, 2.75) is 96.6 Å². The minimum atomic E-state index is -0.150. The fourth-order valence-electron chi connectivity index (χ4n) is 3.62. The molecule has 0 amide bonds. The van der Waals surface area contributed by atoms with E-state index in [-0.39, 0.29) is 18.1 Å². The van der Waals surface area contributed by atoms with Gasteiger partial charge in [-0.3, -0.25) is 10.1 Å². The van der Waals surface area contributed by atoms with E-state index in [9.17, 15) is 4.79 Å². The van der Waals surface area contributed by atoms with Gasteiger partial charge in [0, 0.05) is 0 Å². The Balaban J connectivity index is 1.57. The number of ether oxygens (including phenoxy) is 1. The maximum absolute atomic E-state index is 11.8. The molecule has 1 aromatic carbocycles. The summed E-state index contributed by atoms with van der Waals surface area (Å²) in [5, 5.41) is 3.23. The van der Waals surface area contributed by atoms with Crippen LogP contribution in [0.1, 0.15) is 95.2 Å².